The predicted octanol–water partition coefficient (Wildman–Crippen LogP) is 5.77. The van der Waals surface area contributed by atoms with E-state index in [0.717, 1.165) is 23.4 Å². The third-order valence-corrected chi connectivity index (χ3v) is 5.88. The fourth-order valence-electron chi connectivity index (χ4n) is 3.56. The smallest absolute Gasteiger partial charge is 0.129 e. The van der Waals surface area contributed by atoms with Crippen LogP contribution in [0.1, 0.15) is 44.2 Å². The van der Waals surface area contributed by atoms with Gasteiger partial charge in [-0.05, 0) is 84.7 Å². The number of aliphatic imine (C=N–C) groups is 1. The fraction of sp³-hybridized carbons (Fsp3) is 0.381. The lowest BCUT2D eigenvalue weighted by Crippen LogP contribution is -2.45. The average Bonchev–Trinajstić information content (AvgIpc) is 2.58. The SMILES string of the molecule is COc1cc2c(cc1C=Nc1ccc(I)cc1)C(C)CC(C)(C)N2C. The average molecular weight is 448 g/mol. The standard InChI is InChI=1S/C21H25IN2O/c1-14-12-21(2,3)24(4)19-11-20(25-5)15(10-18(14)19)13-23-17-8-6-16(22)7-9-17/h6-11,13-14H,12H2,1-5H3. The first kappa shape index (κ1) is 18.2. The summed E-state index contributed by atoms with van der Waals surface area (Å²) >= 11 is 2.30. The Morgan fingerprint density at radius 3 is 2.56 bits per heavy atom. The third-order valence-electron chi connectivity index (χ3n) is 5.16. The number of ether oxygens (including phenoxy) is 1. The van der Waals surface area contributed by atoms with Gasteiger partial charge in [-0.25, -0.2) is 0 Å². The van der Waals surface area contributed by atoms with E-state index in [0.29, 0.717) is 5.92 Å². The molecule has 4 heteroatoms. The van der Waals surface area contributed by atoms with Crippen molar-refractivity contribution in [3.05, 3.63) is 51.1 Å². The molecule has 0 saturated heterocycles. The van der Waals surface area contributed by atoms with Gasteiger partial charge >= 0.3 is 0 Å². The molecule has 0 amide bonds. The minimum Gasteiger partial charge on any atom is -0.496 e. The molecule has 0 bridgehead atoms. The lowest BCUT2D eigenvalue weighted by atomic mass is 9.80. The highest BCUT2D eigenvalue weighted by molar-refractivity contribution is 14.1. The molecule has 3 nitrogen and oxygen atoms in total. The Labute approximate surface area is 164 Å². The van der Waals surface area contributed by atoms with Crippen molar-refractivity contribution in [1.82, 2.24) is 0 Å². The van der Waals surface area contributed by atoms with Gasteiger partial charge in [0.25, 0.3) is 0 Å². The zero-order chi connectivity index (χ0) is 18.2. The van der Waals surface area contributed by atoms with E-state index in [4.69, 9.17) is 4.74 Å². The molecule has 0 N–H and O–H groups in total. The number of hydrogen-bond donors (Lipinski definition) is 0. The van der Waals surface area contributed by atoms with Gasteiger partial charge in [0.2, 0.25) is 0 Å². The van der Waals surface area contributed by atoms with Gasteiger partial charge in [0, 0.05) is 39.7 Å². The second-order valence-corrected chi connectivity index (χ2v) is 8.61. The second kappa shape index (κ2) is 6.98. The largest absolute Gasteiger partial charge is 0.496 e. The molecule has 0 spiro atoms. The number of benzene rings is 2. The Hall–Kier alpha value is -1.56. The van der Waals surface area contributed by atoms with Gasteiger partial charge in [-0.15, -0.1) is 0 Å². The highest BCUT2D eigenvalue weighted by atomic mass is 127. The Bertz CT molecular complexity index is 796. The van der Waals surface area contributed by atoms with Crippen molar-refractivity contribution >= 4 is 40.2 Å². The molecular weight excluding hydrogens is 423 g/mol. The van der Waals surface area contributed by atoms with E-state index >= 15 is 0 Å². The highest BCUT2D eigenvalue weighted by Gasteiger charge is 2.34. The zero-order valence-electron chi connectivity index (χ0n) is 15.5. The first-order valence-electron chi connectivity index (χ1n) is 8.57. The summed E-state index contributed by atoms with van der Waals surface area (Å²) in [6.45, 7) is 6.90. The van der Waals surface area contributed by atoms with Crippen molar-refractivity contribution in [1.29, 1.82) is 0 Å². The molecule has 0 radical (unpaired) electrons. The van der Waals surface area contributed by atoms with E-state index in [9.17, 15) is 0 Å². The van der Waals surface area contributed by atoms with Crippen LogP contribution in [-0.4, -0.2) is 25.9 Å². The summed E-state index contributed by atoms with van der Waals surface area (Å²) in [7, 11) is 3.89. The molecule has 1 heterocycles. The number of fused-ring (bicyclic) bond motifs is 1. The summed E-state index contributed by atoms with van der Waals surface area (Å²) < 4.78 is 6.86. The Morgan fingerprint density at radius 1 is 1.24 bits per heavy atom. The molecule has 25 heavy (non-hydrogen) atoms. The van der Waals surface area contributed by atoms with Gasteiger partial charge in [0.15, 0.2) is 0 Å². The zero-order valence-corrected chi connectivity index (χ0v) is 17.7. The molecule has 1 aliphatic heterocycles. The fourth-order valence-corrected chi connectivity index (χ4v) is 3.92. The molecule has 2 aromatic rings. The summed E-state index contributed by atoms with van der Waals surface area (Å²) in [5, 5.41) is 0. The molecule has 3 rings (SSSR count). The molecule has 0 aromatic heterocycles. The van der Waals surface area contributed by atoms with Crippen molar-refractivity contribution in [2.75, 3.05) is 19.1 Å². The van der Waals surface area contributed by atoms with Crippen LogP contribution in [0, 0.1) is 3.57 Å². The maximum absolute atomic E-state index is 5.65. The van der Waals surface area contributed by atoms with Gasteiger partial charge in [0.05, 0.1) is 12.8 Å². The Morgan fingerprint density at radius 2 is 1.92 bits per heavy atom. The molecular formula is C21H25IN2O. The summed E-state index contributed by atoms with van der Waals surface area (Å²) in [5.41, 5.74) is 4.75. The number of hydrogen-bond acceptors (Lipinski definition) is 3. The maximum atomic E-state index is 5.65. The van der Waals surface area contributed by atoms with E-state index in [1.54, 1.807) is 7.11 Å². The number of anilines is 1. The first-order chi connectivity index (χ1) is 11.8. The second-order valence-electron chi connectivity index (χ2n) is 7.36. The van der Waals surface area contributed by atoms with Crippen molar-refractivity contribution in [3.63, 3.8) is 0 Å². The van der Waals surface area contributed by atoms with E-state index in [2.05, 4.69) is 84.6 Å². The van der Waals surface area contributed by atoms with Crippen LogP contribution in [0.2, 0.25) is 0 Å². The van der Waals surface area contributed by atoms with Crippen LogP contribution >= 0.6 is 22.6 Å². The minimum absolute atomic E-state index is 0.147. The lowest BCUT2D eigenvalue weighted by molar-refractivity contribution is 0.389. The molecule has 132 valence electrons. The van der Waals surface area contributed by atoms with Crippen LogP contribution in [0.15, 0.2) is 41.4 Å². The molecule has 1 aliphatic rings. The van der Waals surface area contributed by atoms with Crippen LogP contribution in [0.25, 0.3) is 0 Å². The molecule has 1 unspecified atom stereocenters. The monoisotopic (exact) mass is 448 g/mol. The van der Waals surface area contributed by atoms with Gasteiger partial charge < -0.3 is 9.64 Å². The van der Waals surface area contributed by atoms with Crippen molar-refractivity contribution < 1.29 is 4.74 Å². The summed E-state index contributed by atoms with van der Waals surface area (Å²) in [6, 6.07) is 12.6. The summed E-state index contributed by atoms with van der Waals surface area (Å²) in [5.74, 6) is 1.38. The van der Waals surface area contributed by atoms with Crippen LogP contribution < -0.4 is 9.64 Å². The van der Waals surface area contributed by atoms with Crippen molar-refractivity contribution in [3.8, 4) is 5.75 Å². The summed E-state index contributed by atoms with van der Waals surface area (Å²) in [6.07, 6.45) is 3.05. The predicted molar refractivity (Wildman–Crippen MR) is 115 cm³/mol. The van der Waals surface area contributed by atoms with Gasteiger partial charge in [-0.2, -0.15) is 0 Å². The maximum Gasteiger partial charge on any atom is 0.129 e. The van der Waals surface area contributed by atoms with Crippen LogP contribution in [0.3, 0.4) is 0 Å². The topological polar surface area (TPSA) is 24.8 Å². The molecule has 0 fully saturated rings. The van der Waals surface area contributed by atoms with E-state index in [-0.39, 0.29) is 5.54 Å². The summed E-state index contributed by atoms with van der Waals surface area (Å²) in [4.78, 5) is 6.99. The van der Waals surface area contributed by atoms with Crippen LogP contribution in [-0.2, 0) is 0 Å². The van der Waals surface area contributed by atoms with Gasteiger partial charge in [-0.1, -0.05) is 6.92 Å². The number of methoxy groups -OCH3 is 1. The minimum atomic E-state index is 0.147. The Kier molecular flexibility index (Phi) is 5.09. The van der Waals surface area contributed by atoms with Crippen molar-refractivity contribution in [2.24, 2.45) is 4.99 Å². The van der Waals surface area contributed by atoms with Gasteiger partial charge in [-0.3, -0.25) is 4.99 Å². The normalized spacial score (nSPS) is 19.1. The molecule has 0 aliphatic carbocycles. The number of halogens is 1. The van der Waals surface area contributed by atoms with Crippen LogP contribution in [0.5, 0.6) is 5.75 Å². The van der Waals surface area contributed by atoms with Crippen LogP contribution in [0.4, 0.5) is 11.4 Å². The Balaban J connectivity index is 2.01. The number of nitrogens with zero attached hydrogens (tertiary/aromatic N) is 2. The van der Waals surface area contributed by atoms with E-state index in [1.165, 1.54) is 14.8 Å². The molecule has 0 saturated carbocycles. The quantitative estimate of drug-likeness (QED) is 0.440. The lowest BCUT2D eigenvalue weighted by Gasteiger charge is -2.45. The molecule has 2 aromatic carbocycles. The first-order valence-corrected chi connectivity index (χ1v) is 9.65. The third kappa shape index (κ3) is 3.68. The van der Waals surface area contributed by atoms with E-state index in [1.807, 2.05) is 18.3 Å². The van der Waals surface area contributed by atoms with Gasteiger partial charge in [0.1, 0.15) is 5.75 Å². The highest BCUT2D eigenvalue weighted by Crippen LogP contribution is 2.44. The van der Waals surface area contributed by atoms with E-state index < -0.39 is 0 Å². The number of rotatable bonds is 3. The molecule has 1 atom stereocenters. The van der Waals surface area contributed by atoms with Crippen molar-refractivity contribution in [2.45, 2.75) is 38.6 Å².